The van der Waals surface area contributed by atoms with Gasteiger partial charge >= 0.3 is 0 Å². The molecule has 0 aromatic heterocycles. The summed E-state index contributed by atoms with van der Waals surface area (Å²) in [6.45, 7) is 0. The summed E-state index contributed by atoms with van der Waals surface area (Å²) in [6.07, 6.45) is 0. The highest BCUT2D eigenvalue weighted by Crippen LogP contribution is 2.33. The summed E-state index contributed by atoms with van der Waals surface area (Å²) in [7, 11) is 0. The summed E-state index contributed by atoms with van der Waals surface area (Å²) in [5, 5.41) is 0.0714. The first-order valence-electron chi connectivity index (χ1n) is 5.24. The van der Waals surface area contributed by atoms with Crippen LogP contribution in [-0.4, -0.2) is 0 Å². The second-order valence-corrected chi connectivity index (χ2v) is 4.63. The van der Waals surface area contributed by atoms with Gasteiger partial charge in [0.1, 0.15) is 0 Å². The molecule has 0 bridgehead atoms. The molecule has 0 heterocycles. The van der Waals surface area contributed by atoms with Crippen LogP contribution in [0.3, 0.4) is 0 Å². The lowest BCUT2D eigenvalue weighted by Crippen LogP contribution is -2.04. The third kappa shape index (κ3) is 2.47. The maximum atomic E-state index is 13.7. The van der Waals surface area contributed by atoms with E-state index < -0.39 is 34.6 Å². The molecule has 0 aliphatic rings. The van der Waals surface area contributed by atoms with Crippen LogP contribution < -0.4 is 0 Å². The van der Waals surface area contributed by atoms with Crippen molar-refractivity contribution in [2.45, 2.75) is 5.88 Å². The molecule has 2 aromatic carbocycles. The summed E-state index contributed by atoms with van der Waals surface area (Å²) in [5.41, 5.74) is -0.880. The van der Waals surface area contributed by atoms with Gasteiger partial charge in [0, 0.05) is 10.9 Å². The van der Waals surface area contributed by atoms with E-state index in [9.17, 15) is 22.0 Å². The highest BCUT2D eigenvalue weighted by molar-refractivity contribution is 6.31. The summed E-state index contributed by atoms with van der Waals surface area (Å²) in [6, 6.07) is 3.72. The van der Waals surface area contributed by atoms with Gasteiger partial charge in [-0.25, -0.2) is 22.0 Å². The topological polar surface area (TPSA) is 0 Å². The van der Waals surface area contributed by atoms with E-state index in [4.69, 9.17) is 23.2 Å². The van der Waals surface area contributed by atoms with E-state index in [1.807, 2.05) is 0 Å². The van der Waals surface area contributed by atoms with Crippen molar-refractivity contribution in [2.24, 2.45) is 0 Å². The lowest BCUT2D eigenvalue weighted by molar-refractivity contribution is 0.381. The van der Waals surface area contributed by atoms with Crippen molar-refractivity contribution in [1.29, 1.82) is 0 Å². The second-order valence-electron chi connectivity index (χ2n) is 3.93. The number of benzene rings is 2. The fourth-order valence-electron chi connectivity index (χ4n) is 1.73. The molecule has 0 amide bonds. The molecule has 0 atom stereocenters. The van der Waals surface area contributed by atoms with E-state index in [-0.39, 0.29) is 16.5 Å². The highest BCUT2D eigenvalue weighted by Gasteiger charge is 2.26. The number of halogens is 7. The normalized spacial score (nSPS) is 10.9. The smallest absolute Gasteiger partial charge is 0.200 e. The molecule has 0 unspecified atom stereocenters. The maximum absolute atomic E-state index is 13.7. The molecular weight excluding hydrogens is 322 g/mol. The van der Waals surface area contributed by atoms with Crippen molar-refractivity contribution < 1.29 is 22.0 Å². The summed E-state index contributed by atoms with van der Waals surface area (Å²) >= 11 is 11.3. The summed E-state index contributed by atoms with van der Waals surface area (Å²) < 4.78 is 66.6. The van der Waals surface area contributed by atoms with Crippen LogP contribution in [-0.2, 0) is 5.88 Å². The Balaban J connectivity index is 2.79. The van der Waals surface area contributed by atoms with E-state index >= 15 is 0 Å². The van der Waals surface area contributed by atoms with Crippen LogP contribution in [0.1, 0.15) is 5.56 Å². The Morgan fingerprint density at radius 2 is 1.25 bits per heavy atom. The molecule has 0 saturated heterocycles. The van der Waals surface area contributed by atoms with Crippen LogP contribution in [0, 0.1) is 29.1 Å². The molecule has 0 radical (unpaired) electrons. The van der Waals surface area contributed by atoms with Gasteiger partial charge in [0.05, 0.1) is 5.56 Å². The van der Waals surface area contributed by atoms with Gasteiger partial charge in [0.2, 0.25) is 5.82 Å². The Bertz CT molecular complexity index is 656. The van der Waals surface area contributed by atoms with E-state index in [0.717, 1.165) is 6.07 Å². The Kier molecular flexibility index (Phi) is 4.20. The van der Waals surface area contributed by atoms with E-state index in [2.05, 4.69) is 0 Å². The second kappa shape index (κ2) is 5.58. The minimum atomic E-state index is -2.21. The summed E-state index contributed by atoms with van der Waals surface area (Å²) in [4.78, 5) is 0. The van der Waals surface area contributed by atoms with Crippen LogP contribution >= 0.6 is 23.2 Å². The van der Waals surface area contributed by atoms with Gasteiger partial charge in [-0.3, -0.25) is 0 Å². The Morgan fingerprint density at radius 1 is 0.750 bits per heavy atom. The third-order valence-electron chi connectivity index (χ3n) is 2.61. The molecule has 2 rings (SSSR count). The van der Waals surface area contributed by atoms with Gasteiger partial charge in [-0.2, -0.15) is 0 Å². The predicted octanol–water partition coefficient (Wildman–Crippen LogP) is 5.44. The van der Waals surface area contributed by atoms with E-state index in [1.54, 1.807) is 0 Å². The van der Waals surface area contributed by atoms with Crippen molar-refractivity contribution in [2.75, 3.05) is 0 Å². The van der Waals surface area contributed by atoms with Gasteiger partial charge in [-0.15, -0.1) is 11.6 Å². The minimum absolute atomic E-state index is 0.0248. The van der Waals surface area contributed by atoms with Crippen LogP contribution in [0.25, 0.3) is 11.1 Å². The number of hydrogen-bond donors (Lipinski definition) is 0. The standard InChI is InChI=1S/C13H5Cl2F5/c14-4-5-1-6(3-7(15)2-5)8-9(16)11(18)13(20)12(19)10(8)17/h1-3H,4H2. The first-order chi connectivity index (χ1) is 9.36. The number of hydrogen-bond acceptors (Lipinski definition) is 0. The minimum Gasteiger partial charge on any atom is -0.203 e. The van der Waals surface area contributed by atoms with Gasteiger partial charge in [-0.1, -0.05) is 11.6 Å². The van der Waals surface area contributed by atoms with Gasteiger partial charge in [-0.05, 0) is 29.3 Å². The average molecular weight is 327 g/mol. The van der Waals surface area contributed by atoms with E-state index in [1.165, 1.54) is 12.1 Å². The number of rotatable bonds is 2. The fraction of sp³-hybridized carbons (Fsp3) is 0.0769. The molecular formula is C13H5Cl2F5. The number of alkyl halides is 1. The van der Waals surface area contributed by atoms with Crippen molar-refractivity contribution in [3.05, 3.63) is 57.9 Å². The van der Waals surface area contributed by atoms with E-state index in [0.29, 0.717) is 5.56 Å². The van der Waals surface area contributed by atoms with Crippen LogP contribution in [0.2, 0.25) is 5.02 Å². The quantitative estimate of drug-likeness (QED) is 0.298. The Hall–Kier alpha value is -1.33. The monoisotopic (exact) mass is 326 g/mol. The first kappa shape index (κ1) is 15.1. The summed E-state index contributed by atoms with van der Waals surface area (Å²) in [5.74, 6) is -10.1. The molecule has 0 aliphatic carbocycles. The molecule has 0 nitrogen and oxygen atoms in total. The molecule has 0 N–H and O–H groups in total. The van der Waals surface area contributed by atoms with Gasteiger partial charge < -0.3 is 0 Å². The van der Waals surface area contributed by atoms with Gasteiger partial charge in [0.15, 0.2) is 23.3 Å². The third-order valence-corrected chi connectivity index (χ3v) is 3.14. The largest absolute Gasteiger partial charge is 0.203 e. The molecule has 0 spiro atoms. The molecule has 0 fully saturated rings. The SMILES string of the molecule is Fc1c(F)c(F)c(-c2cc(Cl)cc(CCl)c2)c(F)c1F. The zero-order chi connectivity index (χ0) is 15.0. The van der Waals surface area contributed by atoms with Crippen molar-refractivity contribution in [3.8, 4) is 11.1 Å². The maximum Gasteiger partial charge on any atom is 0.200 e. The van der Waals surface area contributed by atoms with Gasteiger partial charge in [0.25, 0.3) is 0 Å². The Morgan fingerprint density at radius 3 is 1.75 bits per heavy atom. The predicted molar refractivity (Wildman–Crippen MR) is 66.2 cm³/mol. The highest BCUT2D eigenvalue weighted by atomic mass is 35.5. The van der Waals surface area contributed by atoms with Crippen LogP contribution in [0.15, 0.2) is 18.2 Å². The molecule has 2 aromatic rings. The molecule has 0 aliphatic heterocycles. The van der Waals surface area contributed by atoms with Crippen LogP contribution in [0.5, 0.6) is 0 Å². The lowest BCUT2D eigenvalue weighted by atomic mass is 10.0. The lowest BCUT2D eigenvalue weighted by Gasteiger charge is -2.10. The van der Waals surface area contributed by atoms with Crippen molar-refractivity contribution >= 4 is 23.2 Å². The zero-order valence-electron chi connectivity index (χ0n) is 9.58. The molecule has 106 valence electrons. The average Bonchev–Trinajstić information content (AvgIpc) is 2.42. The van der Waals surface area contributed by atoms with Crippen LogP contribution in [0.4, 0.5) is 22.0 Å². The molecule has 0 saturated carbocycles. The first-order valence-corrected chi connectivity index (χ1v) is 6.15. The molecule has 20 heavy (non-hydrogen) atoms. The van der Waals surface area contributed by atoms with Crippen molar-refractivity contribution in [3.63, 3.8) is 0 Å². The molecule has 7 heteroatoms. The Labute approximate surface area is 120 Å². The van der Waals surface area contributed by atoms with Crippen molar-refractivity contribution in [1.82, 2.24) is 0 Å². The fourth-order valence-corrected chi connectivity index (χ4v) is 2.14. The zero-order valence-corrected chi connectivity index (χ0v) is 11.1.